The Hall–Kier alpha value is -2.55. The lowest BCUT2D eigenvalue weighted by Gasteiger charge is -2.34. The number of fused-ring (bicyclic) bond motifs is 1. The number of hydrogen-bond donors (Lipinski definition) is 3. The molecule has 1 aliphatic heterocycles. The minimum absolute atomic E-state index is 0.170. The number of nitrogens with zero attached hydrogens (tertiary/aromatic N) is 4. The standard InChI is InChI=1S/C27H42N6O2/c1-5-32(4)23-12-10-22(11-13-23)31-26(29-3)16-25(28-2)27(35)30-17-24(34)19-33-15-14-20-8-6-7-9-21(20)18-33/h6-9,16,22-24,31,34H,3,5,10-15,17-19H2,1-2,4H3,(H,30,35)/b26-16+,28-25+/t22-,23+,24-/m0/s1. The maximum Gasteiger partial charge on any atom is 0.269 e. The summed E-state index contributed by atoms with van der Waals surface area (Å²) < 4.78 is 0. The van der Waals surface area contributed by atoms with Crippen molar-refractivity contribution in [3.63, 3.8) is 0 Å². The minimum atomic E-state index is -0.655. The predicted octanol–water partition coefficient (Wildman–Crippen LogP) is 1.99. The number of rotatable bonds is 11. The van der Waals surface area contributed by atoms with Crippen LogP contribution in [0.15, 0.2) is 46.1 Å². The van der Waals surface area contributed by atoms with E-state index in [1.807, 2.05) is 0 Å². The summed E-state index contributed by atoms with van der Waals surface area (Å²) in [7, 11) is 3.76. The topological polar surface area (TPSA) is 92.6 Å². The molecule has 2 aliphatic rings. The number of aliphatic hydroxyl groups excluding tert-OH is 1. The molecule has 1 fully saturated rings. The number of aliphatic hydroxyl groups is 1. The Labute approximate surface area is 210 Å². The van der Waals surface area contributed by atoms with E-state index in [0.717, 1.165) is 51.7 Å². The van der Waals surface area contributed by atoms with Crippen molar-refractivity contribution in [2.24, 2.45) is 9.98 Å². The van der Waals surface area contributed by atoms with Crippen molar-refractivity contribution in [3.8, 4) is 0 Å². The smallest absolute Gasteiger partial charge is 0.269 e. The number of β-amino-alcohol motifs (C(OH)–C–C–N with tert-alkyl or cyclic N) is 1. The van der Waals surface area contributed by atoms with Crippen LogP contribution in [-0.2, 0) is 17.8 Å². The van der Waals surface area contributed by atoms with E-state index in [-0.39, 0.29) is 18.2 Å². The molecule has 1 aliphatic carbocycles. The van der Waals surface area contributed by atoms with Crippen LogP contribution in [0.5, 0.6) is 0 Å². The van der Waals surface area contributed by atoms with Crippen molar-refractivity contribution in [1.82, 2.24) is 20.4 Å². The lowest BCUT2D eigenvalue weighted by Crippen LogP contribution is -2.43. The molecular formula is C27H42N6O2. The van der Waals surface area contributed by atoms with Gasteiger partial charge in [-0.2, -0.15) is 0 Å². The Bertz CT molecular complexity index is 907. The van der Waals surface area contributed by atoms with Crippen molar-refractivity contribution < 1.29 is 9.90 Å². The fourth-order valence-corrected chi connectivity index (χ4v) is 5.00. The second-order valence-corrected chi connectivity index (χ2v) is 9.64. The van der Waals surface area contributed by atoms with Crippen LogP contribution in [0.2, 0.25) is 0 Å². The molecule has 8 nitrogen and oxygen atoms in total. The zero-order valence-corrected chi connectivity index (χ0v) is 21.5. The third-order valence-electron chi connectivity index (χ3n) is 7.27. The van der Waals surface area contributed by atoms with E-state index in [1.54, 1.807) is 13.1 Å². The maximum absolute atomic E-state index is 12.7. The van der Waals surface area contributed by atoms with Crippen LogP contribution in [0.3, 0.4) is 0 Å². The molecule has 1 aromatic rings. The van der Waals surface area contributed by atoms with Crippen LogP contribution < -0.4 is 10.6 Å². The van der Waals surface area contributed by atoms with Crippen molar-refractivity contribution in [1.29, 1.82) is 0 Å². The third kappa shape index (κ3) is 7.98. The summed E-state index contributed by atoms with van der Waals surface area (Å²) in [6.45, 7) is 9.33. The Morgan fingerprint density at radius 2 is 2.00 bits per heavy atom. The summed E-state index contributed by atoms with van der Waals surface area (Å²) >= 11 is 0. The minimum Gasteiger partial charge on any atom is -0.390 e. The lowest BCUT2D eigenvalue weighted by molar-refractivity contribution is -0.115. The monoisotopic (exact) mass is 482 g/mol. The molecular weight excluding hydrogens is 440 g/mol. The molecule has 0 radical (unpaired) electrons. The number of nitrogens with one attached hydrogen (secondary N) is 2. The Balaban J connectivity index is 1.45. The van der Waals surface area contributed by atoms with Crippen molar-refractivity contribution >= 4 is 18.3 Å². The van der Waals surface area contributed by atoms with Gasteiger partial charge in [0.2, 0.25) is 0 Å². The van der Waals surface area contributed by atoms with E-state index in [9.17, 15) is 9.90 Å². The van der Waals surface area contributed by atoms with Gasteiger partial charge in [0.25, 0.3) is 5.91 Å². The number of carbonyl (C=O) groups is 1. The zero-order valence-electron chi connectivity index (χ0n) is 21.5. The molecule has 1 aromatic carbocycles. The van der Waals surface area contributed by atoms with Crippen LogP contribution >= 0.6 is 0 Å². The fourth-order valence-electron chi connectivity index (χ4n) is 5.00. The van der Waals surface area contributed by atoms with Crippen LogP contribution in [-0.4, -0.2) is 91.7 Å². The average Bonchev–Trinajstić information content (AvgIpc) is 2.89. The van der Waals surface area contributed by atoms with Gasteiger partial charge in [0.15, 0.2) is 0 Å². The summed E-state index contributed by atoms with van der Waals surface area (Å²) in [4.78, 5) is 25.6. The SMILES string of the molecule is C=N/C(=C\C(=N/C)C(=O)NC[C@H](O)CN1CCc2ccccc2C1)N[C@H]1CC[C@@H](N(C)CC)CC1. The quantitative estimate of drug-likeness (QED) is 0.420. The summed E-state index contributed by atoms with van der Waals surface area (Å²) in [5, 5.41) is 16.8. The number of amides is 1. The van der Waals surface area contributed by atoms with Crippen LogP contribution in [0, 0.1) is 0 Å². The summed E-state index contributed by atoms with van der Waals surface area (Å²) in [5.74, 6) is 0.229. The highest BCUT2D eigenvalue weighted by atomic mass is 16.3. The van der Waals surface area contributed by atoms with E-state index >= 15 is 0 Å². The van der Waals surface area contributed by atoms with E-state index in [2.05, 4.69) is 75.4 Å². The fraction of sp³-hybridized carbons (Fsp3) is 0.593. The average molecular weight is 483 g/mol. The number of benzene rings is 1. The molecule has 1 amide bonds. The van der Waals surface area contributed by atoms with E-state index in [0.29, 0.717) is 24.4 Å². The highest BCUT2D eigenvalue weighted by Crippen LogP contribution is 2.23. The summed E-state index contributed by atoms with van der Waals surface area (Å²) in [6.07, 6.45) is 6.36. The van der Waals surface area contributed by atoms with E-state index in [1.165, 1.54) is 11.1 Å². The van der Waals surface area contributed by atoms with Gasteiger partial charge >= 0.3 is 0 Å². The summed E-state index contributed by atoms with van der Waals surface area (Å²) in [6, 6.07) is 9.37. The van der Waals surface area contributed by atoms with Crippen molar-refractivity contribution in [2.45, 2.75) is 63.8 Å². The van der Waals surface area contributed by atoms with Gasteiger partial charge in [0, 0.05) is 51.4 Å². The lowest BCUT2D eigenvalue weighted by atomic mass is 9.90. The zero-order chi connectivity index (χ0) is 25.2. The molecule has 1 heterocycles. The molecule has 3 rings (SSSR count). The Kier molecular flexibility index (Phi) is 10.4. The number of aliphatic imine (C=N–C) groups is 2. The molecule has 0 aromatic heterocycles. The van der Waals surface area contributed by atoms with Gasteiger partial charge in [-0.3, -0.25) is 14.7 Å². The molecule has 0 bridgehead atoms. The first-order chi connectivity index (χ1) is 16.9. The molecule has 1 atom stereocenters. The van der Waals surface area contributed by atoms with Gasteiger partial charge in [-0.15, -0.1) is 0 Å². The first-order valence-electron chi connectivity index (χ1n) is 12.8. The maximum atomic E-state index is 12.7. The van der Waals surface area contributed by atoms with Crippen LogP contribution in [0.1, 0.15) is 43.7 Å². The molecule has 35 heavy (non-hydrogen) atoms. The largest absolute Gasteiger partial charge is 0.390 e. The van der Waals surface area contributed by atoms with Gasteiger partial charge in [0.1, 0.15) is 11.5 Å². The highest BCUT2D eigenvalue weighted by Gasteiger charge is 2.24. The van der Waals surface area contributed by atoms with Gasteiger partial charge < -0.3 is 20.6 Å². The molecule has 0 spiro atoms. The number of carbonyl (C=O) groups excluding carboxylic acids is 1. The first kappa shape index (κ1) is 27.0. The van der Waals surface area contributed by atoms with Gasteiger partial charge in [0.05, 0.1) is 6.10 Å². The molecule has 3 N–H and O–H groups in total. The second-order valence-electron chi connectivity index (χ2n) is 9.64. The Morgan fingerprint density at radius 1 is 1.29 bits per heavy atom. The van der Waals surface area contributed by atoms with E-state index in [4.69, 9.17) is 0 Å². The van der Waals surface area contributed by atoms with Crippen LogP contribution in [0.4, 0.5) is 0 Å². The molecule has 0 unspecified atom stereocenters. The van der Waals surface area contributed by atoms with Gasteiger partial charge in [-0.25, -0.2) is 4.99 Å². The van der Waals surface area contributed by atoms with Crippen molar-refractivity contribution in [2.75, 3.05) is 40.3 Å². The molecule has 1 saturated carbocycles. The van der Waals surface area contributed by atoms with Crippen molar-refractivity contribution in [3.05, 3.63) is 47.3 Å². The van der Waals surface area contributed by atoms with Gasteiger partial charge in [-0.05, 0) is 63.5 Å². The normalized spacial score (nSPS) is 22.4. The predicted molar refractivity (Wildman–Crippen MR) is 143 cm³/mol. The van der Waals surface area contributed by atoms with Gasteiger partial charge in [-0.1, -0.05) is 31.2 Å². The molecule has 0 saturated heterocycles. The highest BCUT2D eigenvalue weighted by molar-refractivity contribution is 6.43. The molecule has 192 valence electrons. The van der Waals surface area contributed by atoms with E-state index < -0.39 is 6.10 Å². The van der Waals surface area contributed by atoms with Crippen LogP contribution in [0.25, 0.3) is 0 Å². The first-order valence-corrected chi connectivity index (χ1v) is 12.8. The summed E-state index contributed by atoms with van der Waals surface area (Å²) in [5.41, 5.74) is 2.95. The molecule has 8 heteroatoms. The third-order valence-corrected chi connectivity index (χ3v) is 7.27. The second kappa shape index (κ2) is 13.5. The number of hydrogen-bond acceptors (Lipinski definition) is 7. The Morgan fingerprint density at radius 3 is 2.66 bits per heavy atom.